The third-order valence-electron chi connectivity index (χ3n) is 1.99. The van der Waals surface area contributed by atoms with Gasteiger partial charge in [0, 0.05) is 6.04 Å². The Morgan fingerprint density at radius 2 is 1.92 bits per heavy atom. The predicted molar refractivity (Wildman–Crippen MR) is 45.5 cm³/mol. The lowest BCUT2D eigenvalue weighted by Gasteiger charge is -2.24. The molecule has 0 aliphatic carbocycles. The standard InChI is InChI=1S/C6H16NO4P/c1-3-4(2)5(7)6(8)12(9,10)11/h4-6,8H,3,7H2,1-2H3,(H2,9,10,11)/t4-,5-,6-/m0/s1. The Bertz CT molecular complexity index is 180. The van der Waals surface area contributed by atoms with Crippen LogP contribution in [0.2, 0.25) is 0 Å². The Balaban J connectivity index is 4.29. The third-order valence-corrected chi connectivity index (χ3v) is 3.02. The van der Waals surface area contributed by atoms with Gasteiger partial charge in [-0.3, -0.25) is 4.57 Å². The number of aliphatic hydroxyl groups excluding tert-OH is 1. The third kappa shape index (κ3) is 3.21. The zero-order valence-corrected chi connectivity index (χ0v) is 8.11. The Morgan fingerprint density at radius 3 is 2.17 bits per heavy atom. The SMILES string of the molecule is CC[C@H](C)[C@H](N)[C@@H](O)P(=O)(O)O. The minimum atomic E-state index is -4.45. The van der Waals surface area contributed by atoms with Crippen LogP contribution in [0.25, 0.3) is 0 Å². The molecule has 3 atom stereocenters. The van der Waals surface area contributed by atoms with Gasteiger partial charge in [0.05, 0.1) is 0 Å². The summed E-state index contributed by atoms with van der Waals surface area (Å²) in [7, 11) is -4.45. The molecule has 0 fully saturated rings. The predicted octanol–water partition coefficient (Wildman–Crippen LogP) is -0.144. The first kappa shape index (κ1) is 12.1. The molecule has 0 saturated carbocycles. The highest BCUT2D eigenvalue weighted by Crippen LogP contribution is 2.42. The van der Waals surface area contributed by atoms with Crippen LogP contribution < -0.4 is 5.73 Å². The molecule has 0 aliphatic rings. The van der Waals surface area contributed by atoms with E-state index in [0.717, 1.165) is 0 Å². The van der Waals surface area contributed by atoms with E-state index in [1.807, 2.05) is 6.92 Å². The summed E-state index contributed by atoms with van der Waals surface area (Å²) in [5.74, 6) is -1.85. The summed E-state index contributed by atoms with van der Waals surface area (Å²) in [6.07, 6.45) is 0.679. The Labute approximate surface area is 71.7 Å². The second kappa shape index (κ2) is 4.35. The molecule has 6 heteroatoms. The first-order valence-electron chi connectivity index (χ1n) is 3.79. The molecule has 5 nitrogen and oxygen atoms in total. The van der Waals surface area contributed by atoms with Crippen molar-refractivity contribution in [2.75, 3.05) is 0 Å². The molecule has 0 bridgehead atoms. The number of hydrogen-bond donors (Lipinski definition) is 4. The fraction of sp³-hybridized carbons (Fsp3) is 1.00. The summed E-state index contributed by atoms with van der Waals surface area (Å²) < 4.78 is 10.6. The van der Waals surface area contributed by atoms with Crippen LogP contribution >= 0.6 is 7.60 Å². The van der Waals surface area contributed by atoms with Crippen LogP contribution in [-0.4, -0.2) is 26.8 Å². The minimum Gasteiger partial charge on any atom is -0.379 e. The summed E-state index contributed by atoms with van der Waals surface area (Å²) in [6.45, 7) is 3.58. The molecule has 5 N–H and O–H groups in total. The highest BCUT2D eigenvalue weighted by atomic mass is 31.2. The van der Waals surface area contributed by atoms with E-state index in [1.54, 1.807) is 6.92 Å². The van der Waals surface area contributed by atoms with Gasteiger partial charge >= 0.3 is 7.60 Å². The summed E-state index contributed by atoms with van der Waals surface area (Å²) in [5, 5.41) is 9.07. The first-order chi connectivity index (χ1) is 5.30. The zero-order valence-electron chi connectivity index (χ0n) is 7.21. The molecule has 0 spiro atoms. The van der Waals surface area contributed by atoms with Crippen molar-refractivity contribution in [3.05, 3.63) is 0 Å². The Kier molecular flexibility index (Phi) is 4.37. The summed E-state index contributed by atoms with van der Waals surface area (Å²) in [5.41, 5.74) is 5.42. The molecule has 0 aromatic carbocycles. The van der Waals surface area contributed by atoms with Crippen molar-refractivity contribution in [3.63, 3.8) is 0 Å². The average molecular weight is 197 g/mol. The fourth-order valence-electron chi connectivity index (χ4n) is 0.790. The van der Waals surface area contributed by atoms with Crippen molar-refractivity contribution in [2.24, 2.45) is 11.7 Å². The number of nitrogens with two attached hydrogens (primary N) is 1. The maximum Gasteiger partial charge on any atom is 0.355 e. The summed E-state index contributed by atoms with van der Waals surface area (Å²) in [6, 6.07) is -0.865. The Morgan fingerprint density at radius 1 is 1.50 bits per heavy atom. The van der Waals surface area contributed by atoms with Crippen LogP contribution in [0.3, 0.4) is 0 Å². The maximum atomic E-state index is 10.6. The molecule has 0 aromatic heterocycles. The van der Waals surface area contributed by atoms with Crippen LogP contribution in [-0.2, 0) is 4.57 Å². The minimum absolute atomic E-state index is 0.104. The van der Waals surface area contributed by atoms with Crippen molar-refractivity contribution in [2.45, 2.75) is 32.2 Å². The van der Waals surface area contributed by atoms with E-state index >= 15 is 0 Å². The van der Waals surface area contributed by atoms with Gasteiger partial charge in [-0.25, -0.2) is 0 Å². The lowest BCUT2D eigenvalue weighted by atomic mass is 10.0. The van der Waals surface area contributed by atoms with Gasteiger partial charge in [0.15, 0.2) is 5.85 Å². The van der Waals surface area contributed by atoms with Gasteiger partial charge in [-0.15, -0.1) is 0 Å². The van der Waals surface area contributed by atoms with Gasteiger partial charge in [0.25, 0.3) is 0 Å². The molecule has 0 unspecified atom stereocenters. The van der Waals surface area contributed by atoms with Crippen molar-refractivity contribution < 1.29 is 19.5 Å². The molecule has 0 saturated heterocycles. The number of aliphatic hydroxyl groups is 1. The van der Waals surface area contributed by atoms with Crippen molar-refractivity contribution in [1.29, 1.82) is 0 Å². The van der Waals surface area contributed by atoms with E-state index in [4.69, 9.17) is 20.6 Å². The molecule has 74 valence electrons. The van der Waals surface area contributed by atoms with Gasteiger partial charge in [0.2, 0.25) is 0 Å². The molecule has 0 amide bonds. The smallest absolute Gasteiger partial charge is 0.355 e. The second-order valence-corrected chi connectivity index (χ2v) is 4.67. The molecular formula is C6H16NO4P. The lowest BCUT2D eigenvalue weighted by molar-refractivity contribution is 0.153. The van der Waals surface area contributed by atoms with Crippen LogP contribution in [0.5, 0.6) is 0 Å². The van der Waals surface area contributed by atoms with Crippen LogP contribution in [0, 0.1) is 5.92 Å². The number of rotatable bonds is 4. The van der Waals surface area contributed by atoms with Crippen molar-refractivity contribution >= 4 is 7.60 Å². The average Bonchev–Trinajstić information content (AvgIpc) is 1.98. The molecule has 0 aliphatic heterocycles. The molecule has 0 aromatic rings. The van der Waals surface area contributed by atoms with E-state index in [1.165, 1.54) is 0 Å². The molecule has 12 heavy (non-hydrogen) atoms. The van der Waals surface area contributed by atoms with E-state index < -0.39 is 19.5 Å². The monoisotopic (exact) mass is 197 g/mol. The topological polar surface area (TPSA) is 104 Å². The van der Waals surface area contributed by atoms with E-state index in [0.29, 0.717) is 6.42 Å². The van der Waals surface area contributed by atoms with E-state index in [2.05, 4.69) is 0 Å². The van der Waals surface area contributed by atoms with Gasteiger partial charge in [-0.05, 0) is 5.92 Å². The highest BCUT2D eigenvalue weighted by molar-refractivity contribution is 7.52. The highest BCUT2D eigenvalue weighted by Gasteiger charge is 2.34. The van der Waals surface area contributed by atoms with Crippen molar-refractivity contribution in [1.82, 2.24) is 0 Å². The van der Waals surface area contributed by atoms with Crippen LogP contribution in [0.15, 0.2) is 0 Å². The normalized spacial score (nSPS) is 20.2. The van der Waals surface area contributed by atoms with E-state index in [9.17, 15) is 4.57 Å². The molecule has 0 heterocycles. The van der Waals surface area contributed by atoms with Crippen LogP contribution in [0.4, 0.5) is 0 Å². The quantitative estimate of drug-likeness (QED) is 0.469. The summed E-state index contributed by atoms with van der Waals surface area (Å²) >= 11 is 0. The lowest BCUT2D eigenvalue weighted by Crippen LogP contribution is -2.39. The Hall–Kier alpha value is 0.0700. The first-order valence-corrected chi connectivity index (χ1v) is 5.47. The van der Waals surface area contributed by atoms with Crippen LogP contribution in [0.1, 0.15) is 20.3 Å². The fourth-order valence-corrected chi connectivity index (χ4v) is 1.53. The largest absolute Gasteiger partial charge is 0.379 e. The van der Waals surface area contributed by atoms with E-state index in [-0.39, 0.29) is 5.92 Å². The summed E-state index contributed by atoms with van der Waals surface area (Å²) in [4.78, 5) is 17.2. The van der Waals surface area contributed by atoms with Gasteiger partial charge < -0.3 is 20.6 Å². The molecule has 0 rings (SSSR count). The molecule has 0 radical (unpaired) electrons. The maximum absolute atomic E-state index is 10.6. The van der Waals surface area contributed by atoms with Gasteiger partial charge in [-0.2, -0.15) is 0 Å². The van der Waals surface area contributed by atoms with Gasteiger partial charge in [-0.1, -0.05) is 20.3 Å². The van der Waals surface area contributed by atoms with Gasteiger partial charge in [0.1, 0.15) is 0 Å². The number of hydrogen-bond acceptors (Lipinski definition) is 3. The molecular weight excluding hydrogens is 181 g/mol. The van der Waals surface area contributed by atoms with Crippen molar-refractivity contribution in [3.8, 4) is 0 Å². The zero-order chi connectivity index (χ0) is 9.94. The second-order valence-electron chi connectivity index (χ2n) is 2.97.